The molecule has 0 atom stereocenters. The first kappa shape index (κ1) is 19.2. The summed E-state index contributed by atoms with van der Waals surface area (Å²) in [5.41, 5.74) is 1.10. The highest BCUT2D eigenvalue weighted by Gasteiger charge is 2.46. The molecule has 1 N–H and O–H groups in total. The molecule has 6 nitrogen and oxygen atoms in total. The van der Waals surface area contributed by atoms with Crippen molar-refractivity contribution in [2.75, 3.05) is 31.6 Å². The lowest BCUT2D eigenvalue weighted by atomic mass is 9.89. The van der Waals surface area contributed by atoms with Crippen LogP contribution in [0.3, 0.4) is 0 Å². The van der Waals surface area contributed by atoms with Crippen molar-refractivity contribution in [2.45, 2.75) is 25.4 Å². The molecule has 0 aliphatic carbocycles. The zero-order chi connectivity index (χ0) is 20.6. The molecule has 1 spiro atoms. The van der Waals surface area contributed by atoms with Crippen LogP contribution in [0.15, 0.2) is 42.5 Å². The number of fused-ring (bicyclic) bond motifs is 1. The van der Waals surface area contributed by atoms with Crippen molar-refractivity contribution >= 4 is 17.5 Å². The molecule has 2 aliphatic heterocycles. The molecule has 0 aromatic heterocycles. The van der Waals surface area contributed by atoms with Gasteiger partial charge in [0, 0.05) is 38.0 Å². The maximum Gasteiger partial charge on any atom is 0.255 e. The Balaban J connectivity index is 1.54. The molecule has 29 heavy (non-hydrogen) atoms. The fourth-order valence-electron chi connectivity index (χ4n) is 4.36. The van der Waals surface area contributed by atoms with E-state index in [4.69, 9.17) is 4.74 Å². The molecule has 2 aromatic carbocycles. The second-order valence-corrected chi connectivity index (χ2v) is 7.41. The van der Waals surface area contributed by atoms with Crippen LogP contribution in [0.1, 0.15) is 40.5 Å². The van der Waals surface area contributed by atoms with Gasteiger partial charge in [-0.1, -0.05) is 0 Å². The number of carbonyl (C=O) groups excluding carboxylic acids is 2. The molecule has 4 rings (SSSR count). The van der Waals surface area contributed by atoms with Gasteiger partial charge in [0.05, 0.1) is 18.4 Å². The smallest absolute Gasteiger partial charge is 0.255 e. The summed E-state index contributed by atoms with van der Waals surface area (Å²) in [5, 5.41) is 3.13. The number of nitrogens with zero attached hydrogens (tertiary/aromatic N) is 2. The summed E-state index contributed by atoms with van der Waals surface area (Å²) in [6.07, 6.45) is 1.15. The topological polar surface area (TPSA) is 61.9 Å². The number of amides is 2. The van der Waals surface area contributed by atoms with Gasteiger partial charge in [0.15, 0.2) is 0 Å². The second kappa shape index (κ2) is 7.39. The Bertz CT molecular complexity index is 937. The molecule has 0 bridgehead atoms. The van der Waals surface area contributed by atoms with Crippen molar-refractivity contribution < 1.29 is 18.7 Å². The van der Waals surface area contributed by atoms with Crippen molar-refractivity contribution in [2.24, 2.45) is 0 Å². The van der Waals surface area contributed by atoms with Gasteiger partial charge >= 0.3 is 0 Å². The summed E-state index contributed by atoms with van der Waals surface area (Å²) in [5.74, 6) is 0.103. The number of carbonyl (C=O) groups is 2. The molecule has 2 amide bonds. The molecule has 0 radical (unpaired) electrons. The normalized spacial score (nSPS) is 17.7. The number of ether oxygens (including phenoxy) is 1. The van der Waals surface area contributed by atoms with E-state index in [9.17, 15) is 14.0 Å². The number of benzene rings is 2. The number of halogens is 1. The summed E-state index contributed by atoms with van der Waals surface area (Å²) < 4.78 is 19.0. The summed E-state index contributed by atoms with van der Waals surface area (Å²) in [6, 6.07) is 11.3. The van der Waals surface area contributed by atoms with Crippen LogP contribution in [0, 0.1) is 5.82 Å². The van der Waals surface area contributed by atoms with Crippen molar-refractivity contribution in [1.82, 2.24) is 10.2 Å². The number of piperidine rings is 1. The van der Waals surface area contributed by atoms with E-state index in [1.54, 1.807) is 36.3 Å². The third kappa shape index (κ3) is 3.30. The Hall–Kier alpha value is -3.09. The monoisotopic (exact) mass is 397 g/mol. The molecular weight excluding hydrogens is 373 g/mol. The number of rotatable bonds is 3. The van der Waals surface area contributed by atoms with E-state index >= 15 is 0 Å². The lowest BCUT2D eigenvalue weighted by Crippen LogP contribution is -2.68. The fourth-order valence-corrected chi connectivity index (χ4v) is 4.36. The third-order valence-corrected chi connectivity index (χ3v) is 5.89. The maximum atomic E-state index is 13.9. The Morgan fingerprint density at radius 3 is 2.48 bits per heavy atom. The van der Waals surface area contributed by atoms with Crippen LogP contribution in [0.4, 0.5) is 10.1 Å². The molecule has 7 heteroatoms. The number of anilines is 1. The molecule has 1 saturated heterocycles. The van der Waals surface area contributed by atoms with Gasteiger partial charge < -0.3 is 19.9 Å². The van der Waals surface area contributed by atoms with Gasteiger partial charge in [-0.05, 0) is 49.4 Å². The van der Waals surface area contributed by atoms with Crippen LogP contribution in [0.25, 0.3) is 0 Å². The van der Waals surface area contributed by atoms with Crippen molar-refractivity contribution in [1.29, 1.82) is 0 Å². The molecular formula is C22H24FN3O3. The van der Waals surface area contributed by atoms with E-state index in [0.29, 0.717) is 55.0 Å². The average molecular weight is 397 g/mol. The van der Waals surface area contributed by atoms with Crippen LogP contribution in [0.5, 0.6) is 5.75 Å². The number of methoxy groups -OCH3 is 1. The number of hydrogen-bond acceptors (Lipinski definition) is 4. The summed E-state index contributed by atoms with van der Waals surface area (Å²) in [4.78, 5) is 29.4. The van der Waals surface area contributed by atoms with E-state index < -0.39 is 5.66 Å². The van der Waals surface area contributed by atoms with Crippen molar-refractivity contribution in [3.63, 3.8) is 0 Å². The first-order chi connectivity index (χ1) is 14.0. The number of hydrogen-bond donors (Lipinski definition) is 1. The maximum absolute atomic E-state index is 13.9. The van der Waals surface area contributed by atoms with Crippen LogP contribution < -0.4 is 15.0 Å². The molecule has 2 heterocycles. The van der Waals surface area contributed by atoms with Gasteiger partial charge in [-0.2, -0.15) is 0 Å². The predicted octanol–water partition coefficient (Wildman–Crippen LogP) is 3.04. The molecule has 0 saturated carbocycles. The fraction of sp³-hybridized carbons (Fsp3) is 0.364. The number of likely N-dealkylation sites (tertiary alicyclic amines) is 1. The highest BCUT2D eigenvalue weighted by Crippen LogP contribution is 2.37. The first-order valence-corrected chi connectivity index (χ1v) is 9.80. The molecule has 2 aromatic rings. The van der Waals surface area contributed by atoms with Gasteiger partial charge in [0.25, 0.3) is 11.8 Å². The van der Waals surface area contributed by atoms with E-state index in [-0.39, 0.29) is 17.6 Å². The minimum absolute atomic E-state index is 0.0425. The van der Waals surface area contributed by atoms with Gasteiger partial charge in [-0.25, -0.2) is 4.39 Å². The van der Waals surface area contributed by atoms with E-state index in [0.717, 1.165) is 0 Å². The predicted molar refractivity (Wildman–Crippen MR) is 108 cm³/mol. The molecule has 1 fully saturated rings. The summed E-state index contributed by atoms with van der Waals surface area (Å²) in [7, 11) is 1.59. The Morgan fingerprint density at radius 1 is 1.17 bits per heavy atom. The van der Waals surface area contributed by atoms with E-state index in [1.165, 1.54) is 18.2 Å². The largest absolute Gasteiger partial charge is 0.497 e. The van der Waals surface area contributed by atoms with Crippen molar-refractivity contribution in [3.05, 3.63) is 59.4 Å². The highest BCUT2D eigenvalue weighted by atomic mass is 19.1. The average Bonchev–Trinajstić information content (AvgIpc) is 2.74. The molecule has 0 unspecified atom stereocenters. The number of nitrogens with one attached hydrogen (secondary N) is 1. The highest BCUT2D eigenvalue weighted by molar-refractivity contribution is 6.02. The second-order valence-electron chi connectivity index (χ2n) is 7.41. The quantitative estimate of drug-likeness (QED) is 0.865. The van der Waals surface area contributed by atoms with Gasteiger partial charge in [-0.15, -0.1) is 0 Å². The van der Waals surface area contributed by atoms with E-state index in [2.05, 4.69) is 10.2 Å². The van der Waals surface area contributed by atoms with Gasteiger partial charge in [0.1, 0.15) is 17.2 Å². The lowest BCUT2D eigenvalue weighted by molar-refractivity contribution is 0.0603. The zero-order valence-corrected chi connectivity index (χ0v) is 16.6. The van der Waals surface area contributed by atoms with Crippen LogP contribution in [-0.2, 0) is 0 Å². The Kier molecular flexibility index (Phi) is 4.90. The zero-order valence-electron chi connectivity index (χ0n) is 16.6. The first-order valence-electron chi connectivity index (χ1n) is 9.80. The minimum Gasteiger partial charge on any atom is -0.497 e. The van der Waals surface area contributed by atoms with Crippen LogP contribution in [-0.4, -0.2) is 49.1 Å². The SMILES string of the molecule is CCN1c2cc(F)ccc2C(=O)NC12CCN(C(=O)c1ccc(OC)cc1)CC2. The standard InChI is InChI=1S/C22H24FN3O3/c1-3-26-19-14-16(23)6-9-18(19)20(27)24-22(26)10-12-25(13-11-22)21(28)15-4-7-17(29-2)8-5-15/h4-9,14H,3,10-13H2,1-2H3,(H,24,27). The van der Waals surface area contributed by atoms with Gasteiger partial charge in [-0.3, -0.25) is 9.59 Å². The minimum atomic E-state index is -0.608. The van der Waals surface area contributed by atoms with Crippen LogP contribution >= 0.6 is 0 Å². The lowest BCUT2D eigenvalue weighted by Gasteiger charge is -2.52. The van der Waals surface area contributed by atoms with Crippen LogP contribution in [0.2, 0.25) is 0 Å². The van der Waals surface area contributed by atoms with E-state index in [1.807, 2.05) is 6.92 Å². The van der Waals surface area contributed by atoms with Crippen molar-refractivity contribution in [3.8, 4) is 5.75 Å². The van der Waals surface area contributed by atoms with Gasteiger partial charge in [0.2, 0.25) is 0 Å². The summed E-state index contributed by atoms with van der Waals surface area (Å²) in [6.45, 7) is 3.63. The molecule has 152 valence electrons. The summed E-state index contributed by atoms with van der Waals surface area (Å²) >= 11 is 0. The Morgan fingerprint density at radius 2 is 1.86 bits per heavy atom. The Labute approximate surface area is 169 Å². The molecule has 2 aliphatic rings. The third-order valence-electron chi connectivity index (χ3n) is 5.89.